The highest BCUT2D eigenvalue weighted by Gasteiger charge is 2.24. The monoisotopic (exact) mass is 271 g/mol. The second-order valence-corrected chi connectivity index (χ2v) is 5.34. The Hall–Kier alpha value is -1.97. The molecule has 106 valence electrons. The van der Waals surface area contributed by atoms with Gasteiger partial charge in [0.2, 0.25) is 5.88 Å². The predicted molar refractivity (Wildman–Crippen MR) is 79.7 cm³/mol. The number of ether oxygens (including phenoxy) is 1. The summed E-state index contributed by atoms with van der Waals surface area (Å²) in [6, 6.07) is 8.51. The van der Waals surface area contributed by atoms with Gasteiger partial charge < -0.3 is 10.5 Å². The Kier molecular flexibility index (Phi) is 3.38. The maximum absolute atomic E-state index is 6.20. The lowest BCUT2D eigenvalue weighted by Crippen LogP contribution is -2.16. The molecule has 1 aliphatic rings. The lowest BCUT2D eigenvalue weighted by molar-refractivity contribution is 0.169. The molecule has 4 heteroatoms. The van der Waals surface area contributed by atoms with Gasteiger partial charge in [0.1, 0.15) is 11.8 Å². The summed E-state index contributed by atoms with van der Waals surface area (Å²) in [4.78, 5) is 0. The van der Waals surface area contributed by atoms with Gasteiger partial charge in [-0.05, 0) is 36.8 Å². The van der Waals surface area contributed by atoms with Gasteiger partial charge in [-0.25, -0.2) is 4.68 Å². The Morgan fingerprint density at radius 3 is 2.95 bits per heavy atom. The molecule has 20 heavy (non-hydrogen) atoms. The van der Waals surface area contributed by atoms with E-state index in [-0.39, 0.29) is 6.10 Å². The highest BCUT2D eigenvalue weighted by molar-refractivity contribution is 5.53. The summed E-state index contributed by atoms with van der Waals surface area (Å²) in [5.74, 6) is 0.698. The minimum Gasteiger partial charge on any atom is -0.468 e. The third-order valence-corrected chi connectivity index (χ3v) is 4.01. The Labute approximate surface area is 119 Å². The van der Waals surface area contributed by atoms with Gasteiger partial charge >= 0.3 is 0 Å². The molecule has 1 aromatic heterocycles. The van der Waals surface area contributed by atoms with Crippen molar-refractivity contribution in [2.24, 2.45) is 7.05 Å². The average molecular weight is 271 g/mol. The molecule has 0 spiro atoms. The minimum absolute atomic E-state index is 0.0855. The van der Waals surface area contributed by atoms with E-state index in [1.165, 1.54) is 11.1 Å². The molecule has 0 radical (unpaired) electrons. The zero-order valence-electron chi connectivity index (χ0n) is 12.1. The van der Waals surface area contributed by atoms with Crippen LogP contribution in [0.4, 0.5) is 5.69 Å². The van der Waals surface area contributed by atoms with E-state index in [0.29, 0.717) is 11.6 Å². The summed E-state index contributed by atoms with van der Waals surface area (Å²) in [6.07, 6.45) is 4.23. The van der Waals surface area contributed by atoms with E-state index in [1.54, 1.807) is 4.68 Å². The molecule has 1 aliphatic carbocycles. The molecule has 2 N–H and O–H groups in total. The van der Waals surface area contributed by atoms with Crippen LogP contribution < -0.4 is 10.5 Å². The quantitative estimate of drug-likeness (QED) is 0.933. The number of nitrogens with zero attached hydrogens (tertiary/aromatic N) is 2. The zero-order chi connectivity index (χ0) is 14.1. The van der Waals surface area contributed by atoms with Gasteiger partial charge in [0, 0.05) is 7.05 Å². The SMILES string of the molecule is CCc1nn(C)c(OC2CCCc3ccccc32)c1N. The minimum atomic E-state index is 0.0855. The van der Waals surface area contributed by atoms with Crippen molar-refractivity contribution in [1.82, 2.24) is 9.78 Å². The van der Waals surface area contributed by atoms with Crippen LogP contribution in [0.1, 0.15) is 42.7 Å². The van der Waals surface area contributed by atoms with E-state index in [9.17, 15) is 0 Å². The van der Waals surface area contributed by atoms with E-state index >= 15 is 0 Å². The number of aryl methyl sites for hydroxylation is 3. The molecule has 1 aromatic carbocycles. The van der Waals surface area contributed by atoms with Crippen LogP contribution in [0.15, 0.2) is 24.3 Å². The number of nitrogen functional groups attached to an aromatic ring is 1. The van der Waals surface area contributed by atoms with Gasteiger partial charge in [-0.2, -0.15) is 5.10 Å². The van der Waals surface area contributed by atoms with E-state index in [0.717, 1.165) is 31.4 Å². The van der Waals surface area contributed by atoms with Crippen LogP contribution in [-0.4, -0.2) is 9.78 Å². The fourth-order valence-corrected chi connectivity index (χ4v) is 2.95. The molecule has 3 rings (SSSR count). The first-order chi connectivity index (χ1) is 9.70. The molecule has 4 nitrogen and oxygen atoms in total. The van der Waals surface area contributed by atoms with E-state index in [4.69, 9.17) is 10.5 Å². The van der Waals surface area contributed by atoms with Crippen molar-refractivity contribution in [3.05, 3.63) is 41.1 Å². The fourth-order valence-electron chi connectivity index (χ4n) is 2.95. The average Bonchev–Trinajstić information content (AvgIpc) is 2.75. The van der Waals surface area contributed by atoms with Crippen LogP contribution in [0.5, 0.6) is 5.88 Å². The van der Waals surface area contributed by atoms with Crippen LogP contribution in [0.2, 0.25) is 0 Å². The molecular formula is C16H21N3O. The lowest BCUT2D eigenvalue weighted by atomic mass is 9.89. The maximum Gasteiger partial charge on any atom is 0.236 e. The maximum atomic E-state index is 6.20. The van der Waals surface area contributed by atoms with Crippen molar-refractivity contribution < 1.29 is 4.74 Å². The smallest absolute Gasteiger partial charge is 0.236 e. The number of hydrogen-bond donors (Lipinski definition) is 1. The molecule has 0 aliphatic heterocycles. The Morgan fingerprint density at radius 1 is 1.40 bits per heavy atom. The van der Waals surface area contributed by atoms with Crippen LogP contribution >= 0.6 is 0 Å². The normalized spacial score (nSPS) is 17.8. The topological polar surface area (TPSA) is 53.1 Å². The molecule has 1 unspecified atom stereocenters. The van der Waals surface area contributed by atoms with Crippen LogP contribution in [0.3, 0.4) is 0 Å². The largest absolute Gasteiger partial charge is 0.468 e. The second kappa shape index (κ2) is 5.19. The number of hydrogen-bond acceptors (Lipinski definition) is 3. The van der Waals surface area contributed by atoms with Crippen molar-refractivity contribution in [1.29, 1.82) is 0 Å². The summed E-state index contributed by atoms with van der Waals surface area (Å²) < 4.78 is 7.96. The van der Waals surface area contributed by atoms with E-state index in [1.807, 2.05) is 7.05 Å². The molecule has 1 heterocycles. The third-order valence-electron chi connectivity index (χ3n) is 4.01. The Morgan fingerprint density at radius 2 is 2.20 bits per heavy atom. The van der Waals surface area contributed by atoms with E-state index in [2.05, 4.69) is 36.3 Å². The van der Waals surface area contributed by atoms with Crippen LogP contribution in [0, 0.1) is 0 Å². The standard InChI is InChI=1S/C16H21N3O/c1-3-13-15(17)16(19(2)18-13)20-14-10-6-8-11-7-4-5-9-12(11)14/h4-5,7,9,14H,3,6,8,10,17H2,1-2H3. The Balaban J connectivity index is 1.91. The molecule has 0 amide bonds. The van der Waals surface area contributed by atoms with Gasteiger partial charge in [-0.15, -0.1) is 0 Å². The first-order valence-corrected chi connectivity index (χ1v) is 7.26. The van der Waals surface area contributed by atoms with Crippen molar-refractivity contribution in [3.8, 4) is 5.88 Å². The second-order valence-electron chi connectivity index (χ2n) is 5.34. The summed E-state index contributed by atoms with van der Waals surface area (Å²) in [6.45, 7) is 2.05. The number of anilines is 1. The van der Waals surface area contributed by atoms with Crippen molar-refractivity contribution >= 4 is 5.69 Å². The lowest BCUT2D eigenvalue weighted by Gasteiger charge is -2.26. The summed E-state index contributed by atoms with van der Waals surface area (Å²) in [5.41, 5.74) is 10.4. The molecule has 0 fully saturated rings. The number of nitrogens with two attached hydrogens (primary N) is 1. The predicted octanol–water partition coefficient (Wildman–Crippen LogP) is 3.02. The number of fused-ring (bicyclic) bond motifs is 1. The Bertz CT molecular complexity index is 618. The van der Waals surface area contributed by atoms with Gasteiger partial charge in [0.05, 0.1) is 5.69 Å². The van der Waals surface area contributed by atoms with Gasteiger partial charge in [0.25, 0.3) is 0 Å². The molecule has 1 atom stereocenters. The van der Waals surface area contributed by atoms with E-state index < -0.39 is 0 Å². The fraction of sp³-hybridized carbons (Fsp3) is 0.438. The first kappa shape index (κ1) is 13.0. The van der Waals surface area contributed by atoms with Crippen LogP contribution in [0.25, 0.3) is 0 Å². The van der Waals surface area contributed by atoms with Crippen molar-refractivity contribution in [2.75, 3.05) is 5.73 Å². The summed E-state index contributed by atoms with van der Waals surface area (Å²) in [5, 5.41) is 4.42. The molecular weight excluding hydrogens is 250 g/mol. The summed E-state index contributed by atoms with van der Waals surface area (Å²) in [7, 11) is 1.89. The molecule has 2 aromatic rings. The summed E-state index contributed by atoms with van der Waals surface area (Å²) >= 11 is 0. The first-order valence-electron chi connectivity index (χ1n) is 7.26. The third kappa shape index (κ3) is 2.15. The number of benzene rings is 1. The molecule has 0 bridgehead atoms. The number of rotatable bonds is 3. The molecule has 0 saturated heterocycles. The number of aromatic nitrogens is 2. The van der Waals surface area contributed by atoms with Crippen molar-refractivity contribution in [3.63, 3.8) is 0 Å². The van der Waals surface area contributed by atoms with Gasteiger partial charge in [0.15, 0.2) is 0 Å². The van der Waals surface area contributed by atoms with Crippen molar-refractivity contribution in [2.45, 2.75) is 38.7 Å². The van der Waals surface area contributed by atoms with Gasteiger partial charge in [-0.3, -0.25) is 0 Å². The molecule has 0 saturated carbocycles. The highest BCUT2D eigenvalue weighted by Crippen LogP contribution is 2.36. The highest BCUT2D eigenvalue weighted by atomic mass is 16.5. The zero-order valence-corrected chi connectivity index (χ0v) is 12.1. The van der Waals surface area contributed by atoms with Crippen LogP contribution in [-0.2, 0) is 19.9 Å². The van der Waals surface area contributed by atoms with Gasteiger partial charge in [-0.1, -0.05) is 31.2 Å².